The smallest absolute Gasteiger partial charge is 0.240 e. The summed E-state index contributed by atoms with van der Waals surface area (Å²) in [5.74, 6) is 0.681. The highest BCUT2D eigenvalue weighted by atomic mass is 35.5. The Morgan fingerprint density at radius 1 is 1.10 bits per heavy atom. The summed E-state index contributed by atoms with van der Waals surface area (Å²) in [5.41, 5.74) is 1.65. The molecule has 108 valence electrons. The minimum absolute atomic E-state index is 0.534. The van der Waals surface area contributed by atoms with Crippen molar-refractivity contribution in [3.8, 4) is 5.75 Å². The molecule has 0 radical (unpaired) electrons. The van der Waals surface area contributed by atoms with Crippen molar-refractivity contribution in [2.45, 2.75) is 12.8 Å². The number of hydrogen-bond donors (Lipinski definition) is 0. The highest BCUT2D eigenvalue weighted by molar-refractivity contribution is 6.42. The second-order valence-corrected chi connectivity index (χ2v) is 5.22. The van der Waals surface area contributed by atoms with Crippen molar-refractivity contribution in [1.82, 2.24) is 0 Å². The number of aliphatic imine (C=N–C) groups is 1. The van der Waals surface area contributed by atoms with Gasteiger partial charge in [0.15, 0.2) is 0 Å². The summed E-state index contributed by atoms with van der Waals surface area (Å²) in [6.07, 6.45) is 3.20. The minimum Gasteiger partial charge on any atom is -0.494 e. The van der Waals surface area contributed by atoms with Gasteiger partial charge >= 0.3 is 0 Å². The van der Waals surface area contributed by atoms with Gasteiger partial charge in [0.05, 0.1) is 22.3 Å². The van der Waals surface area contributed by atoms with Crippen molar-refractivity contribution in [2.24, 2.45) is 4.99 Å². The van der Waals surface area contributed by atoms with E-state index in [0.717, 1.165) is 18.4 Å². The van der Waals surface area contributed by atoms with Crippen LogP contribution in [0.4, 0.5) is 5.69 Å². The van der Waals surface area contributed by atoms with E-state index >= 15 is 0 Å². The topological polar surface area (TPSA) is 38.7 Å². The Kier molecular flexibility index (Phi) is 5.82. The highest BCUT2D eigenvalue weighted by Gasteiger charge is 2.00. The number of aryl methyl sites for hydroxylation is 1. The Morgan fingerprint density at radius 3 is 2.71 bits per heavy atom. The van der Waals surface area contributed by atoms with Crippen molar-refractivity contribution in [3.05, 3.63) is 58.1 Å². The molecule has 0 spiro atoms. The first-order valence-electron chi connectivity index (χ1n) is 6.44. The molecule has 0 aromatic heterocycles. The van der Waals surface area contributed by atoms with Gasteiger partial charge in [-0.2, -0.15) is 4.99 Å². The summed E-state index contributed by atoms with van der Waals surface area (Å²) in [4.78, 5) is 13.7. The lowest BCUT2D eigenvalue weighted by atomic mass is 10.1. The molecule has 21 heavy (non-hydrogen) atoms. The van der Waals surface area contributed by atoms with Gasteiger partial charge < -0.3 is 4.74 Å². The maximum Gasteiger partial charge on any atom is 0.240 e. The van der Waals surface area contributed by atoms with Crippen LogP contribution in [0, 0.1) is 0 Å². The third kappa shape index (κ3) is 4.91. The van der Waals surface area contributed by atoms with Crippen LogP contribution in [-0.4, -0.2) is 12.7 Å². The molecule has 0 fully saturated rings. The monoisotopic (exact) mass is 321 g/mol. The van der Waals surface area contributed by atoms with Crippen LogP contribution in [-0.2, 0) is 11.2 Å². The number of nitrogens with zero attached hydrogens (tertiary/aromatic N) is 1. The van der Waals surface area contributed by atoms with E-state index in [9.17, 15) is 4.79 Å². The highest BCUT2D eigenvalue weighted by Crippen LogP contribution is 2.23. The average Bonchev–Trinajstić information content (AvgIpc) is 2.48. The Labute approximate surface area is 133 Å². The van der Waals surface area contributed by atoms with E-state index in [-0.39, 0.29) is 0 Å². The van der Waals surface area contributed by atoms with Crippen LogP contribution in [0.25, 0.3) is 0 Å². The number of ether oxygens (including phenoxy) is 1. The zero-order valence-electron chi connectivity index (χ0n) is 11.2. The summed E-state index contributed by atoms with van der Waals surface area (Å²) in [5, 5.41) is 1.12. The lowest BCUT2D eigenvalue weighted by molar-refractivity contribution is 0.311. The van der Waals surface area contributed by atoms with Gasteiger partial charge in [0.2, 0.25) is 6.08 Å². The molecule has 5 heteroatoms. The molecule has 2 rings (SSSR count). The Morgan fingerprint density at radius 2 is 1.95 bits per heavy atom. The molecule has 0 saturated heterocycles. The van der Waals surface area contributed by atoms with Crippen LogP contribution in [0.1, 0.15) is 12.0 Å². The molecule has 0 N–H and O–H groups in total. The third-order valence-electron chi connectivity index (χ3n) is 2.85. The number of halogens is 2. The largest absolute Gasteiger partial charge is 0.494 e. The second kappa shape index (κ2) is 7.84. The number of hydrogen-bond acceptors (Lipinski definition) is 3. The molecule has 0 amide bonds. The van der Waals surface area contributed by atoms with Gasteiger partial charge in [-0.1, -0.05) is 35.3 Å². The Hall–Kier alpha value is -1.80. The van der Waals surface area contributed by atoms with Gasteiger partial charge in [0.1, 0.15) is 5.75 Å². The van der Waals surface area contributed by atoms with E-state index in [2.05, 4.69) is 4.99 Å². The van der Waals surface area contributed by atoms with Crippen molar-refractivity contribution in [1.29, 1.82) is 0 Å². The predicted octanol–water partition coefficient (Wildman–Crippen LogP) is 4.97. The molecule has 0 saturated carbocycles. The molecule has 0 unspecified atom stereocenters. The van der Waals surface area contributed by atoms with Crippen molar-refractivity contribution in [3.63, 3.8) is 0 Å². The van der Waals surface area contributed by atoms with Crippen LogP contribution in [0.2, 0.25) is 10.0 Å². The molecule has 2 aromatic carbocycles. The summed E-state index contributed by atoms with van der Waals surface area (Å²) in [7, 11) is 0. The molecule has 0 atom stereocenters. The molecule has 0 aliphatic carbocycles. The summed E-state index contributed by atoms with van der Waals surface area (Å²) >= 11 is 11.8. The number of rotatable bonds is 6. The predicted molar refractivity (Wildman–Crippen MR) is 84.5 cm³/mol. The van der Waals surface area contributed by atoms with Gasteiger partial charge in [0.25, 0.3) is 0 Å². The van der Waals surface area contributed by atoms with Gasteiger partial charge in [-0.3, -0.25) is 0 Å². The minimum atomic E-state index is 0.534. The fraction of sp³-hybridized carbons (Fsp3) is 0.188. The molecule has 0 aliphatic heterocycles. The average molecular weight is 322 g/mol. The fourth-order valence-corrected chi connectivity index (χ4v) is 2.18. The summed E-state index contributed by atoms with van der Waals surface area (Å²) < 4.78 is 5.62. The molecule has 2 aromatic rings. The third-order valence-corrected chi connectivity index (χ3v) is 3.59. The van der Waals surface area contributed by atoms with Crippen LogP contribution in [0.15, 0.2) is 47.5 Å². The molecular formula is C16H13Cl2NO2. The summed E-state index contributed by atoms with van der Waals surface area (Å²) in [6.45, 7) is 0.564. The van der Waals surface area contributed by atoms with E-state index in [1.54, 1.807) is 24.3 Å². The quantitative estimate of drug-likeness (QED) is 0.428. The lowest BCUT2D eigenvalue weighted by Crippen LogP contribution is -1.99. The summed E-state index contributed by atoms with van der Waals surface area (Å²) in [6, 6.07) is 12.6. The van der Waals surface area contributed by atoms with Crippen LogP contribution in [0.5, 0.6) is 5.75 Å². The van der Waals surface area contributed by atoms with E-state index < -0.39 is 0 Å². The Balaban J connectivity index is 1.83. The maximum atomic E-state index is 10.2. The SMILES string of the molecule is O=C=Nc1cccc(OCCCc2ccc(Cl)c(Cl)c2)c1. The normalized spacial score (nSPS) is 10.0. The van der Waals surface area contributed by atoms with Gasteiger partial charge in [-0.25, -0.2) is 4.79 Å². The Bertz CT molecular complexity index is 667. The fourth-order valence-electron chi connectivity index (χ4n) is 1.86. The molecule has 0 aliphatic rings. The van der Waals surface area contributed by atoms with Crippen LogP contribution < -0.4 is 4.74 Å². The van der Waals surface area contributed by atoms with Crippen molar-refractivity contribution < 1.29 is 9.53 Å². The lowest BCUT2D eigenvalue weighted by Gasteiger charge is -2.07. The number of carbonyl (C=O) groups excluding carboxylic acids is 1. The first kappa shape index (κ1) is 15.6. The van der Waals surface area contributed by atoms with E-state index in [0.29, 0.717) is 28.1 Å². The molecule has 0 bridgehead atoms. The van der Waals surface area contributed by atoms with E-state index in [1.807, 2.05) is 18.2 Å². The van der Waals surface area contributed by atoms with Crippen molar-refractivity contribution in [2.75, 3.05) is 6.61 Å². The van der Waals surface area contributed by atoms with E-state index in [1.165, 1.54) is 6.08 Å². The molecule has 0 heterocycles. The van der Waals surface area contributed by atoms with Gasteiger partial charge in [0, 0.05) is 6.07 Å². The standard InChI is InChI=1S/C16H13Cl2NO2/c17-15-7-6-12(9-16(15)18)3-2-8-21-14-5-1-4-13(10-14)19-11-20/h1,4-7,9-10H,2-3,8H2. The second-order valence-electron chi connectivity index (χ2n) is 4.40. The zero-order chi connectivity index (χ0) is 15.1. The molecule has 3 nitrogen and oxygen atoms in total. The van der Waals surface area contributed by atoms with E-state index in [4.69, 9.17) is 27.9 Å². The zero-order valence-corrected chi connectivity index (χ0v) is 12.7. The van der Waals surface area contributed by atoms with Gasteiger partial charge in [-0.15, -0.1) is 0 Å². The van der Waals surface area contributed by atoms with Crippen LogP contribution in [0.3, 0.4) is 0 Å². The maximum absolute atomic E-state index is 10.2. The van der Waals surface area contributed by atoms with Gasteiger partial charge in [-0.05, 0) is 42.7 Å². The number of isocyanates is 1. The first-order valence-corrected chi connectivity index (χ1v) is 7.19. The van der Waals surface area contributed by atoms with Crippen LogP contribution >= 0.6 is 23.2 Å². The molecular weight excluding hydrogens is 309 g/mol. The van der Waals surface area contributed by atoms with Crippen molar-refractivity contribution >= 4 is 35.0 Å². The first-order chi connectivity index (χ1) is 10.2. The number of benzene rings is 2.